The van der Waals surface area contributed by atoms with Gasteiger partial charge in [0.25, 0.3) is 0 Å². The van der Waals surface area contributed by atoms with Gasteiger partial charge >= 0.3 is 16.3 Å². The first kappa shape index (κ1) is 25.5. The highest BCUT2D eigenvalue weighted by atomic mass is 32.2. The summed E-state index contributed by atoms with van der Waals surface area (Å²) < 4.78 is 94.4. The van der Waals surface area contributed by atoms with Crippen molar-refractivity contribution < 1.29 is 39.6 Å². The summed E-state index contributed by atoms with van der Waals surface area (Å²) in [5.41, 5.74) is -0.470. The molecule has 0 spiro atoms. The maximum absolute atomic E-state index is 14.1. The largest absolute Gasteiger partial charge is 0.497 e. The van der Waals surface area contributed by atoms with Crippen LogP contribution in [-0.4, -0.2) is 31.1 Å². The molecule has 3 rings (SSSR count). The molecule has 34 heavy (non-hydrogen) atoms. The van der Waals surface area contributed by atoms with Crippen molar-refractivity contribution in [1.82, 2.24) is 9.78 Å². The van der Waals surface area contributed by atoms with E-state index >= 15 is 0 Å². The third-order valence-corrected chi connectivity index (χ3v) is 5.98. The average molecular weight is 502 g/mol. The standard InChI is InChI=1S/C22H22F4N2O5S/c1-4-34(29,30)33-21-12-20(22(24,25)26)27-28(21)19-10-7-16(23)11-18(19)14(2)32-13-15-5-8-17(31-3)9-6-15/h5-12,14H,4,13H2,1-3H3/t14-/m1/s1. The van der Waals surface area contributed by atoms with Crippen molar-refractivity contribution >= 4 is 10.1 Å². The minimum atomic E-state index is -4.87. The van der Waals surface area contributed by atoms with E-state index in [-0.39, 0.29) is 17.9 Å². The first-order chi connectivity index (χ1) is 15.9. The number of rotatable bonds is 9. The van der Waals surface area contributed by atoms with Gasteiger partial charge in [-0.25, -0.2) is 4.39 Å². The molecule has 0 fully saturated rings. The Bertz CT molecular complexity index is 1240. The number of aromatic nitrogens is 2. The molecule has 0 aliphatic heterocycles. The third kappa shape index (κ3) is 6.06. The molecule has 2 aromatic carbocycles. The molecule has 1 atom stereocenters. The molecule has 0 radical (unpaired) electrons. The predicted octanol–water partition coefficient (Wildman–Crippen LogP) is 5.05. The van der Waals surface area contributed by atoms with E-state index in [1.807, 2.05) is 0 Å². The van der Waals surface area contributed by atoms with Gasteiger partial charge in [0.15, 0.2) is 5.69 Å². The van der Waals surface area contributed by atoms with Crippen molar-refractivity contribution in [3.05, 3.63) is 71.2 Å². The summed E-state index contributed by atoms with van der Waals surface area (Å²) in [5.74, 6) is -1.16. The molecule has 0 bridgehead atoms. The van der Waals surface area contributed by atoms with Crippen LogP contribution < -0.4 is 8.92 Å². The number of ether oxygens (including phenoxy) is 2. The zero-order valence-corrected chi connectivity index (χ0v) is 19.3. The van der Waals surface area contributed by atoms with Crippen molar-refractivity contribution in [1.29, 1.82) is 0 Å². The molecule has 0 unspecified atom stereocenters. The highest BCUT2D eigenvalue weighted by Gasteiger charge is 2.36. The lowest BCUT2D eigenvalue weighted by Gasteiger charge is -2.19. The quantitative estimate of drug-likeness (QED) is 0.301. The number of benzene rings is 2. The van der Waals surface area contributed by atoms with Gasteiger partial charge in [-0.05, 0) is 49.7 Å². The Hall–Kier alpha value is -3.12. The summed E-state index contributed by atoms with van der Waals surface area (Å²) >= 11 is 0. The second-order valence-corrected chi connectivity index (χ2v) is 9.07. The fourth-order valence-corrected chi connectivity index (χ4v) is 3.50. The number of methoxy groups -OCH3 is 1. The Morgan fingerprint density at radius 3 is 2.35 bits per heavy atom. The molecule has 1 aromatic heterocycles. The van der Waals surface area contributed by atoms with Crippen LogP contribution in [0.15, 0.2) is 48.5 Å². The van der Waals surface area contributed by atoms with Crippen LogP contribution in [0.25, 0.3) is 5.69 Å². The molecule has 3 aromatic rings. The van der Waals surface area contributed by atoms with Gasteiger partial charge in [0, 0.05) is 11.6 Å². The summed E-state index contributed by atoms with van der Waals surface area (Å²) in [4.78, 5) is 0. The van der Waals surface area contributed by atoms with Crippen LogP contribution >= 0.6 is 0 Å². The van der Waals surface area contributed by atoms with Crippen molar-refractivity contribution in [2.75, 3.05) is 12.9 Å². The molecule has 184 valence electrons. The lowest BCUT2D eigenvalue weighted by Crippen LogP contribution is -2.15. The predicted molar refractivity (Wildman–Crippen MR) is 115 cm³/mol. The fraction of sp³-hybridized carbons (Fsp3) is 0.318. The van der Waals surface area contributed by atoms with Crippen molar-refractivity contribution in [3.8, 4) is 17.3 Å². The minimum Gasteiger partial charge on any atom is -0.497 e. The van der Waals surface area contributed by atoms with Gasteiger partial charge in [-0.15, -0.1) is 0 Å². The molecule has 1 heterocycles. The third-order valence-electron chi connectivity index (χ3n) is 4.85. The average Bonchev–Trinajstić information content (AvgIpc) is 3.21. The van der Waals surface area contributed by atoms with E-state index in [1.54, 1.807) is 31.2 Å². The van der Waals surface area contributed by atoms with Gasteiger partial charge < -0.3 is 13.7 Å². The van der Waals surface area contributed by atoms with E-state index in [1.165, 1.54) is 20.1 Å². The Morgan fingerprint density at radius 2 is 1.76 bits per heavy atom. The first-order valence-corrected chi connectivity index (χ1v) is 11.6. The van der Waals surface area contributed by atoms with Crippen LogP contribution in [0, 0.1) is 5.82 Å². The molecule has 12 heteroatoms. The summed E-state index contributed by atoms with van der Waals surface area (Å²) in [6.45, 7) is 2.97. The number of alkyl halides is 3. The van der Waals surface area contributed by atoms with E-state index in [9.17, 15) is 26.0 Å². The number of nitrogens with zero attached hydrogens (tertiary/aromatic N) is 2. The Morgan fingerprint density at radius 1 is 1.09 bits per heavy atom. The Balaban J connectivity index is 1.99. The Kier molecular flexibility index (Phi) is 7.51. The second kappa shape index (κ2) is 10.0. The molecule has 0 aliphatic carbocycles. The Labute approximate surface area is 194 Å². The normalized spacial score (nSPS) is 13.0. The van der Waals surface area contributed by atoms with Crippen LogP contribution in [0.4, 0.5) is 17.6 Å². The maximum atomic E-state index is 14.1. The van der Waals surface area contributed by atoms with Gasteiger partial charge in [0.1, 0.15) is 11.6 Å². The van der Waals surface area contributed by atoms with Gasteiger partial charge in [0.2, 0.25) is 5.88 Å². The molecule has 0 saturated heterocycles. The first-order valence-electron chi connectivity index (χ1n) is 10.1. The molecular formula is C22H22F4N2O5S. The molecule has 0 amide bonds. The molecular weight excluding hydrogens is 480 g/mol. The van der Waals surface area contributed by atoms with E-state index in [0.29, 0.717) is 16.5 Å². The zero-order chi connectivity index (χ0) is 25.1. The molecule has 0 aliphatic rings. The van der Waals surface area contributed by atoms with Crippen LogP contribution in [0.2, 0.25) is 0 Å². The highest BCUT2D eigenvalue weighted by molar-refractivity contribution is 7.87. The van der Waals surface area contributed by atoms with Crippen LogP contribution in [0.5, 0.6) is 11.6 Å². The molecule has 7 nitrogen and oxygen atoms in total. The SMILES string of the molecule is CCS(=O)(=O)Oc1cc(C(F)(F)F)nn1-c1ccc(F)cc1[C@@H](C)OCc1ccc(OC)cc1. The monoisotopic (exact) mass is 502 g/mol. The number of hydrogen-bond acceptors (Lipinski definition) is 6. The molecule has 0 N–H and O–H groups in total. The van der Waals surface area contributed by atoms with Crippen LogP contribution in [-0.2, 0) is 27.6 Å². The topological polar surface area (TPSA) is 79.7 Å². The van der Waals surface area contributed by atoms with E-state index in [4.69, 9.17) is 13.7 Å². The fourth-order valence-electron chi connectivity index (χ4n) is 3.00. The number of hydrogen-bond donors (Lipinski definition) is 0. The summed E-state index contributed by atoms with van der Waals surface area (Å²) in [5, 5.41) is 3.49. The van der Waals surface area contributed by atoms with Gasteiger partial charge in [-0.1, -0.05) is 12.1 Å². The van der Waals surface area contributed by atoms with E-state index in [2.05, 4.69) is 5.10 Å². The minimum absolute atomic E-state index is 0.0274. The number of halogens is 4. The second-order valence-electron chi connectivity index (χ2n) is 7.21. The van der Waals surface area contributed by atoms with E-state index < -0.39 is 45.5 Å². The van der Waals surface area contributed by atoms with E-state index in [0.717, 1.165) is 17.7 Å². The maximum Gasteiger partial charge on any atom is 0.435 e. The van der Waals surface area contributed by atoms with Gasteiger partial charge in [0.05, 0.1) is 31.3 Å². The zero-order valence-electron chi connectivity index (χ0n) is 18.5. The highest BCUT2D eigenvalue weighted by Crippen LogP contribution is 2.35. The van der Waals surface area contributed by atoms with Crippen molar-refractivity contribution in [3.63, 3.8) is 0 Å². The lowest BCUT2D eigenvalue weighted by molar-refractivity contribution is -0.141. The lowest BCUT2D eigenvalue weighted by atomic mass is 10.1. The van der Waals surface area contributed by atoms with Gasteiger partial charge in [-0.3, -0.25) is 0 Å². The van der Waals surface area contributed by atoms with Gasteiger partial charge in [-0.2, -0.15) is 31.4 Å². The summed E-state index contributed by atoms with van der Waals surface area (Å²) in [7, 11) is -2.64. The van der Waals surface area contributed by atoms with Crippen LogP contribution in [0.1, 0.15) is 36.8 Å². The smallest absolute Gasteiger partial charge is 0.435 e. The van der Waals surface area contributed by atoms with Crippen LogP contribution in [0.3, 0.4) is 0 Å². The summed E-state index contributed by atoms with van der Waals surface area (Å²) in [6.07, 6.45) is -5.67. The summed E-state index contributed by atoms with van der Waals surface area (Å²) in [6, 6.07) is 10.8. The molecule has 0 saturated carbocycles. The van der Waals surface area contributed by atoms with Crippen molar-refractivity contribution in [2.45, 2.75) is 32.7 Å². The van der Waals surface area contributed by atoms with Crippen molar-refractivity contribution in [2.24, 2.45) is 0 Å².